The van der Waals surface area contributed by atoms with Crippen LogP contribution in [-0.4, -0.2) is 16.4 Å². The molecule has 0 saturated heterocycles. The molecule has 0 heterocycles. The first-order chi connectivity index (χ1) is 7.74. The fourth-order valence-electron chi connectivity index (χ4n) is 4.86. The summed E-state index contributed by atoms with van der Waals surface area (Å²) in [6, 6.07) is 0. The largest absolute Gasteiger partial charge is 0.503 e. The topological polar surface area (TPSA) is 128 Å². The maximum absolute atomic E-state index is 8.56. The standard InChI is InChI=1S/C13H22.CH2O3.2H3N/c1-12(2)11-5-9-4-10(6-11)8-13(12,3)7-9;2-1(3)4;;/h9-11H,4-8H2,1-3H3;(H2,2,3,4);2*1H3. The van der Waals surface area contributed by atoms with Crippen LogP contribution >= 0.6 is 0 Å². The van der Waals surface area contributed by atoms with Crippen molar-refractivity contribution in [1.29, 1.82) is 0 Å². The van der Waals surface area contributed by atoms with Gasteiger partial charge in [0.25, 0.3) is 0 Å². The molecule has 0 aromatic rings. The lowest BCUT2D eigenvalue weighted by molar-refractivity contribution is -0.149. The van der Waals surface area contributed by atoms with E-state index in [1.807, 2.05) is 0 Å². The molecule has 114 valence electrons. The van der Waals surface area contributed by atoms with E-state index in [9.17, 15) is 0 Å². The lowest BCUT2D eigenvalue weighted by Crippen LogP contribution is -2.56. The highest BCUT2D eigenvalue weighted by Gasteiger charge is 2.58. The van der Waals surface area contributed by atoms with Gasteiger partial charge in [0.15, 0.2) is 0 Å². The molecule has 0 spiro atoms. The van der Waals surface area contributed by atoms with E-state index in [2.05, 4.69) is 20.8 Å². The van der Waals surface area contributed by atoms with Gasteiger partial charge in [-0.05, 0) is 60.7 Å². The quantitative estimate of drug-likeness (QED) is 0.520. The minimum absolute atomic E-state index is 0. The van der Waals surface area contributed by atoms with E-state index in [-0.39, 0.29) is 12.3 Å². The van der Waals surface area contributed by atoms with Gasteiger partial charge in [-0.1, -0.05) is 20.8 Å². The number of hydrogen-bond donors (Lipinski definition) is 4. The SMILES string of the molecule is CC12CC3CC(CC(C3)C1(C)C)C2.N.N.O=C(O)O. The maximum Gasteiger partial charge on any atom is 0.503 e. The van der Waals surface area contributed by atoms with Crippen LogP contribution in [0, 0.1) is 28.6 Å². The molecule has 4 bridgehead atoms. The van der Waals surface area contributed by atoms with Gasteiger partial charge in [0.2, 0.25) is 0 Å². The third-order valence-electron chi connectivity index (χ3n) is 5.96. The Bertz CT molecular complexity index is 313. The van der Waals surface area contributed by atoms with Gasteiger partial charge < -0.3 is 22.5 Å². The van der Waals surface area contributed by atoms with Crippen molar-refractivity contribution in [2.75, 3.05) is 0 Å². The second-order valence-electron chi connectivity index (χ2n) is 7.11. The summed E-state index contributed by atoms with van der Waals surface area (Å²) >= 11 is 0. The van der Waals surface area contributed by atoms with Crippen LogP contribution in [0.3, 0.4) is 0 Å². The van der Waals surface area contributed by atoms with Gasteiger partial charge in [0, 0.05) is 0 Å². The van der Waals surface area contributed by atoms with Crippen LogP contribution < -0.4 is 12.3 Å². The molecule has 2 unspecified atom stereocenters. The zero-order valence-corrected chi connectivity index (χ0v) is 12.5. The molecule has 4 aliphatic rings. The van der Waals surface area contributed by atoms with Crippen molar-refractivity contribution in [3.63, 3.8) is 0 Å². The summed E-state index contributed by atoms with van der Waals surface area (Å²) in [6.07, 6.45) is 5.92. The van der Waals surface area contributed by atoms with Gasteiger partial charge in [0.05, 0.1) is 0 Å². The summed E-state index contributed by atoms with van der Waals surface area (Å²) in [6.45, 7) is 7.64. The van der Waals surface area contributed by atoms with Crippen molar-refractivity contribution >= 4 is 6.16 Å². The van der Waals surface area contributed by atoms with Crippen molar-refractivity contribution in [2.45, 2.75) is 52.9 Å². The summed E-state index contributed by atoms with van der Waals surface area (Å²) in [7, 11) is 0. The Balaban J connectivity index is 0.000000486. The average molecular weight is 274 g/mol. The first-order valence-electron chi connectivity index (χ1n) is 6.66. The molecule has 0 aliphatic heterocycles. The summed E-state index contributed by atoms with van der Waals surface area (Å²) in [5, 5.41) is 13.9. The van der Waals surface area contributed by atoms with Crippen molar-refractivity contribution in [1.82, 2.24) is 12.3 Å². The molecule has 0 aromatic heterocycles. The molecule has 0 radical (unpaired) electrons. The molecule has 0 amide bonds. The van der Waals surface area contributed by atoms with E-state index >= 15 is 0 Å². The van der Waals surface area contributed by atoms with Crippen LogP contribution in [-0.2, 0) is 0 Å². The molecule has 2 atom stereocenters. The zero-order valence-electron chi connectivity index (χ0n) is 12.5. The van der Waals surface area contributed by atoms with Crippen molar-refractivity contribution in [3.8, 4) is 0 Å². The van der Waals surface area contributed by atoms with Gasteiger partial charge >= 0.3 is 6.16 Å². The molecule has 19 heavy (non-hydrogen) atoms. The zero-order chi connectivity index (χ0) is 12.8. The third kappa shape index (κ3) is 3.03. The van der Waals surface area contributed by atoms with E-state index in [4.69, 9.17) is 15.0 Å². The lowest BCUT2D eigenvalue weighted by atomic mass is 9.40. The maximum atomic E-state index is 8.56. The van der Waals surface area contributed by atoms with Gasteiger partial charge in [0.1, 0.15) is 0 Å². The minimum atomic E-state index is -1.83. The first-order valence-corrected chi connectivity index (χ1v) is 6.66. The summed E-state index contributed by atoms with van der Waals surface area (Å²) in [5.41, 5.74) is 1.34. The molecule has 5 nitrogen and oxygen atoms in total. The van der Waals surface area contributed by atoms with Crippen molar-refractivity contribution in [3.05, 3.63) is 0 Å². The molecule has 4 rings (SSSR count). The van der Waals surface area contributed by atoms with E-state index in [0.717, 1.165) is 17.8 Å². The molecular formula is C14H30N2O3. The van der Waals surface area contributed by atoms with E-state index in [0.29, 0.717) is 10.8 Å². The Kier molecular flexibility index (Phi) is 5.43. The van der Waals surface area contributed by atoms with Crippen LogP contribution in [0.1, 0.15) is 52.9 Å². The van der Waals surface area contributed by atoms with Gasteiger partial charge in [-0.3, -0.25) is 0 Å². The highest BCUT2D eigenvalue weighted by Crippen LogP contribution is 2.67. The highest BCUT2D eigenvalue weighted by atomic mass is 16.6. The van der Waals surface area contributed by atoms with Crippen LogP contribution in [0.4, 0.5) is 4.79 Å². The minimum Gasteiger partial charge on any atom is -0.450 e. The van der Waals surface area contributed by atoms with Crippen LogP contribution in [0.25, 0.3) is 0 Å². The molecule has 4 saturated carbocycles. The number of rotatable bonds is 0. The Hall–Kier alpha value is -0.810. The smallest absolute Gasteiger partial charge is 0.450 e. The first kappa shape index (κ1) is 18.2. The second-order valence-corrected chi connectivity index (χ2v) is 7.11. The summed E-state index contributed by atoms with van der Waals surface area (Å²) in [4.78, 5) is 8.56. The Morgan fingerprint density at radius 3 is 1.63 bits per heavy atom. The van der Waals surface area contributed by atoms with Gasteiger partial charge in [-0.25, -0.2) is 4.79 Å². The van der Waals surface area contributed by atoms with Crippen LogP contribution in [0.5, 0.6) is 0 Å². The fourth-order valence-corrected chi connectivity index (χ4v) is 4.86. The molecule has 4 fully saturated rings. The van der Waals surface area contributed by atoms with Crippen molar-refractivity contribution in [2.24, 2.45) is 28.6 Å². The molecule has 5 heteroatoms. The fraction of sp³-hybridized carbons (Fsp3) is 0.929. The van der Waals surface area contributed by atoms with Gasteiger partial charge in [-0.2, -0.15) is 0 Å². The number of carboxylic acid groups (broad SMARTS) is 2. The Morgan fingerprint density at radius 2 is 1.32 bits per heavy atom. The summed E-state index contributed by atoms with van der Waals surface area (Å²) in [5.74, 6) is 3.27. The molecule has 8 N–H and O–H groups in total. The Morgan fingerprint density at radius 1 is 0.947 bits per heavy atom. The molecule has 4 aliphatic carbocycles. The Labute approximate surface area is 115 Å². The molecule has 0 aromatic carbocycles. The molecular weight excluding hydrogens is 244 g/mol. The number of carbonyl (C=O) groups is 1. The third-order valence-corrected chi connectivity index (χ3v) is 5.96. The summed E-state index contributed by atoms with van der Waals surface area (Å²) < 4.78 is 0. The van der Waals surface area contributed by atoms with Crippen LogP contribution in [0.15, 0.2) is 0 Å². The second kappa shape index (κ2) is 5.67. The van der Waals surface area contributed by atoms with Crippen molar-refractivity contribution < 1.29 is 15.0 Å². The monoisotopic (exact) mass is 274 g/mol. The predicted molar refractivity (Wildman–Crippen MR) is 76.1 cm³/mol. The number of hydrogen-bond acceptors (Lipinski definition) is 3. The average Bonchev–Trinajstić information content (AvgIpc) is 2.12. The lowest BCUT2D eigenvalue weighted by Gasteiger charge is -2.65. The predicted octanol–water partition coefficient (Wildman–Crippen LogP) is 4.41. The van der Waals surface area contributed by atoms with Crippen LogP contribution in [0.2, 0.25) is 0 Å². The van der Waals surface area contributed by atoms with Gasteiger partial charge in [-0.15, -0.1) is 0 Å². The van der Waals surface area contributed by atoms with E-state index in [1.54, 1.807) is 19.3 Å². The van der Waals surface area contributed by atoms with E-state index < -0.39 is 6.16 Å². The van der Waals surface area contributed by atoms with E-state index in [1.165, 1.54) is 12.8 Å². The highest BCUT2D eigenvalue weighted by molar-refractivity contribution is 5.53. The normalized spacial score (nSPS) is 40.3.